The van der Waals surface area contributed by atoms with Gasteiger partial charge in [0.05, 0.1) is 12.7 Å². The third-order valence-electron chi connectivity index (χ3n) is 3.04. The average Bonchev–Trinajstić information content (AvgIpc) is 2.77. The maximum Gasteiger partial charge on any atom is 0.232 e. The van der Waals surface area contributed by atoms with Crippen LogP contribution in [0.4, 0.5) is 0 Å². The molecule has 1 heterocycles. The molecule has 0 saturated carbocycles. The molecule has 0 radical (unpaired) electrons. The van der Waals surface area contributed by atoms with Gasteiger partial charge < -0.3 is 9.47 Å². The van der Waals surface area contributed by atoms with Crippen molar-refractivity contribution in [2.45, 2.75) is 0 Å². The molecule has 0 N–H and O–H groups in total. The molecule has 0 unspecified atom stereocenters. The zero-order chi connectivity index (χ0) is 14.1. The Morgan fingerprint density at radius 2 is 1.90 bits per heavy atom. The van der Waals surface area contributed by atoms with Crippen LogP contribution in [-0.2, 0) is 0 Å². The monoisotopic (exact) mass is 286 g/mol. The van der Waals surface area contributed by atoms with Gasteiger partial charge in [0.15, 0.2) is 5.76 Å². The van der Waals surface area contributed by atoms with Crippen LogP contribution in [0.25, 0.3) is 6.08 Å². The summed E-state index contributed by atoms with van der Waals surface area (Å²) in [5.41, 5.74) is 1.38. The molecule has 1 aliphatic rings. The second-order valence-electron chi connectivity index (χ2n) is 4.35. The Morgan fingerprint density at radius 1 is 1.15 bits per heavy atom. The molecule has 3 rings (SSSR count). The number of hydrogen-bond acceptors (Lipinski definition) is 3. The Balaban J connectivity index is 1.95. The summed E-state index contributed by atoms with van der Waals surface area (Å²) >= 11 is 5.83. The SMILES string of the molecule is COc1ccc2c(c1)C(=O)/C(=C/c1ccc(Cl)cc1)O2. The molecule has 0 aliphatic carbocycles. The molecular weight excluding hydrogens is 276 g/mol. The summed E-state index contributed by atoms with van der Waals surface area (Å²) in [6, 6.07) is 12.4. The van der Waals surface area contributed by atoms with Gasteiger partial charge in [-0.3, -0.25) is 4.79 Å². The first-order valence-corrected chi connectivity index (χ1v) is 6.43. The Morgan fingerprint density at radius 3 is 2.60 bits per heavy atom. The Labute approximate surface area is 121 Å². The first-order valence-electron chi connectivity index (χ1n) is 6.05. The van der Waals surface area contributed by atoms with Crippen molar-refractivity contribution in [2.24, 2.45) is 0 Å². The fourth-order valence-corrected chi connectivity index (χ4v) is 2.13. The van der Waals surface area contributed by atoms with Gasteiger partial charge >= 0.3 is 0 Å². The minimum Gasteiger partial charge on any atom is -0.497 e. The summed E-state index contributed by atoms with van der Waals surface area (Å²) in [5, 5.41) is 0.652. The van der Waals surface area contributed by atoms with E-state index in [1.165, 1.54) is 0 Å². The number of ketones is 1. The van der Waals surface area contributed by atoms with E-state index in [9.17, 15) is 4.79 Å². The van der Waals surface area contributed by atoms with Crippen molar-refractivity contribution in [1.82, 2.24) is 0 Å². The van der Waals surface area contributed by atoms with E-state index in [1.54, 1.807) is 43.5 Å². The summed E-state index contributed by atoms with van der Waals surface area (Å²) < 4.78 is 10.7. The van der Waals surface area contributed by atoms with E-state index in [4.69, 9.17) is 21.1 Å². The molecule has 0 spiro atoms. The van der Waals surface area contributed by atoms with Crippen LogP contribution in [0.2, 0.25) is 5.02 Å². The molecule has 0 amide bonds. The summed E-state index contributed by atoms with van der Waals surface area (Å²) in [7, 11) is 1.56. The number of Topliss-reactive ketones (excluding diaryl/α,β-unsaturated/α-hetero) is 1. The molecule has 0 saturated heterocycles. The fraction of sp³-hybridized carbons (Fsp3) is 0.0625. The van der Waals surface area contributed by atoms with Crippen molar-refractivity contribution < 1.29 is 14.3 Å². The second kappa shape index (κ2) is 5.02. The number of allylic oxidation sites excluding steroid dienone is 1. The minimum absolute atomic E-state index is 0.145. The molecule has 0 bridgehead atoms. The molecular formula is C16H11ClO3. The number of rotatable bonds is 2. The van der Waals surface area contributed by atoms with Crippen LogP contribution in [0.3, 0.4) is 0 Å². The molecule has 20 heavy (non-hydrogen) atoms. The zero-order valence-corrected chi connectivity index (χ0v) is 11.5. The van der Waals surface area contributed by atoms with Crippen molar-refractivity contribution >= 4 is 23.5 Å². The lowest BCUT2D eigenvalue weighted by Gasteiger charge is -2.00. The van der Waals surface area contributed by atoms with Gasteiger partial charge in [0.2, 0.25) is 5.78 Å². The number of fused-ring (bicyclic) bond motifs is 1. The van der Waals surface area contributed by atoms with Gasteiger partial charge in [-0.25, -0.2) is 0 Å². The molecule has 1 aliphatic heterocycles. The molecule has 3 nitrogen and oxygen atoms in total. The van der Waals surface area contributed by atoms with Crippen molar-refractivity contribution in [3.63, 3.8) is 0 Å². The van der Waals surface area contributed by atoms with E-state index in [0.29, 0.717) is 27.8 Å². The van der Waals surface area contributed by atoms with E-state index in [2.05, 4.69) is 0 Å². The van der Waals surface area contributed by atoms with Crippen LogP contribution < -0.4 is 9.47 Å². The first-order chi connectivity index (χ1) is 9.67. The average molecular weight is 287 g/mol. The largest absolute Gasteiger partial charge is 0.497 e. The van der Waals surface area contributed by atoms with Crippen molar-refractivity contribution in [3.05, 3.63) is 64.4 Å². The van der Waals surface area contributed by atoms with Gasteiger partial charge in [-0.2, -0.15) is 0 Å². The standard InChI is InChI=1S/C16H11ClO3/c1-19-12-6-7-14-13(9-12)16(18)15(20-14)8-10-2-4-11(17)5-3-10/h2-9H,1H3/b15-8-. The highest BCUT2D eigenvalue weighted by Gasteiger charge is 2.27. The van der Waals surface area contributed by atoms with Crippen LogP contribution >= 0.6 is 11.6 Å². The highest BCUT2D eigenvalue weighted by atomic mass is 35.5. The third kappa shape index (κ3) is 2.28. The topological polar surface area (TPSA) is 35.5 Å². The number of methoxy groups -OCH3 is 1. The predicted octanol–water partition coefficient (Wildman–Crippen LogP) is 3.96. The number of ether oxygens (including phenoxy) is 2. The second-order valence-corrected chi connectivity index (χ2v) is 4.79. The van der Waals surface area contributed by atoms with E-state index < -0.39 is 0 Å². The lowest BCUT2D eigenvalue weighted by molar-refractivity contribution is 0.101. The van der Waals surface area contributed by atoms with E-state index in [1.807, 2.05) is 12.1 Å². The van der Waals surface area contributed by atoms with E-state index >= 15 is 0 Å². The number of hydrogen-bond donors (Lipinski definition) is 0. The normalized spacial score (nSPS) is 15.1. The summed E-state index contributed by atoms with van der Waals surface area (Å²) in [6.45, 7) is 0. The number of carbonyl (C=O) groups is 1. The van der Waals surface area contributed by atoms with Crippen LogP contribution in [0.5, 0.6) is 11.5 Å². The van der Waals surface area contributed by atoms with E-state index in [0.717, 1.165) is 5.56 Å². The third-order valence-corrected chi connectivity index (χ3v) is 3.29. The maximum atomic E-state index is 12.3. The molecule has 4 heteroatoms. The molecule has 2 aromatic rings. The number of carbonyl (C=O) groups excluding carboxylic acids is 1. The molecule has 0 atom stereocenters. The quantitative estimate of drug-likeness (QED) is 0.784. The Hall–Kier alpha value is -2.26. The first kappa shape index (κ1) is 12.8. The maximum absolute atomic E-state index is 12.3. The van der Waals surface area contributed by atoms with Gasteiger partial charge in [0.25, 0.3) is 0 Å². The van der Waals surface area contributed by atoms with E-state index in [-0.39, 0.29) is 5.78 Å². The van der Waals surface area contributed by atoms with Gasteiger partial charge in [-0.1, -0.05) is 23.7 Å². The van der Waals surface area contributed by atoms with Crippen molar-refractivity contribution in [2.75, 3.05) is 7.11 Å². The van der Waals surface area contributed by atoms with Crippen LogP contribution in [0.15, 0.2) is 48.2 Å². The minimum atomic E-state index is -0.145. The fourth-order valence-electron chi connectivity index (χ4n) is 2.01. The summed E-state index contributed by atoms with van der Waals surface area (Å²) in [6.07, 6.45) is 1.70. The molecule has 0 aromatic heterocycles. The van der Waals surface area contributed by atoms with Gasteiger partial charge in [0.1, 0.15) is 11.5 Å². The highest BCUT2D eigenvalue weighted by molar-refractivity contribution is 6.30. The van der Waals surface area contributed by atoms with Gasteiger partial charge in [-0.15, -0.1) is 0 Å². The predicted molar refractivity (Wildman–Crippen MR) is 77.4 cm³/mol. The molecule has 2 aromatic carbocycles. The number of halogens is 1. The van der Waals surface area contributed by atoms with Crippen molar-refractivity contribution in [3.8, 4) is 11.5 Å². The Bertz CT molecular complexity index is 702. The van der Waals surface area contributed by atoms with Crippen LogP contribution in [-0.4, -0.2) is 12.9 Å². The van der Waals surface area contributed by atoms with Crippen LogP contribution in [0.1, 0.15) is 15.9 Å². The highest BCUT2D eigenvalue weighted by Crippen LogP contribution is 2.34. The molecule has 100 valence electrons. The Kier molecular flexibility index (Phi) is 3.20. The smallest absolute Gasteiger partial charge is 0.232 e. The van der Waals surface area contributed by atoms with Crippen molar-refractivity contribution in [1.29, 1.82) is 0 Å². The van der Waals surface area contributed by atoms with Gasteiger partial charge in [0, 0.05) is 5.02 Å². The zero-order valence-electron chi connectivity index (χ0n) is 10.7. The lowest BCUT2D eigenvalue weighted by atomic mass is 10.1. The summed E-state index contributed by atoms with van der Waals surface area (Å²) in [4.78, 5) is 12.3. The molecule has 0 fully saturated rings. The lowest BCUT2D eigenvalue weighted by Crippen LogP contribution is -1.98. The van der Waals surface area contributed by atoms with Crippen LogP contribution in [0, 0.1) is 0 Å². The number of benzene rings is 2. The summed E-state index contributed by atoms with van der Waals surface area (Å²) in [5.74, 6) is 1.34. The van der Waals surface area contributed by atoms with Gasteiger partial charge in [-0.05, 0) is 42.0 Å².